The first kappa shape index (κ1) is 27.5. The van der Waals surface area contributed by atoms with Gasteiger partial charge in [-0.25, -0.2) is 4.98 Å². The van der Waals surface area contributed by atoms with Crippen molar-refractivity contribution < 1.29 is 4.79 Å². The first-order valence-corrected chi connectivity index (χ1v) is 15.4. The molecule has 3 aromatic carbocycles. The van der Waals surface area contributed by atoms with Gasteiger partial charge in [0.15, 0.2) is 0 Å². The predicted octanol–water partition coefficient (Wildman–Crippen LogP) is 6.79. The molecule has 1 saturated heterocycles. The highest BCUT2D eigenvalue weighted by molar-refractivity contribution is 7.09. The number of piperazine rings is 1. The van der Waals surface area contributed by atoms with Crippen molar-refractivity contribution in [3.8, 4) is 0 Å². The summed E-state index contributed by atoms with van der Waals surface area (Å²) in [5.41, 5.74) is 6.60. The zero-order valence-corrected chi connectivity index (χ0v) is 24.8. The Kier molecular flexibility index (Phi) is 8.37. The molecular formula is C33H34ClN5OS. The van der Waals surface area contributed by atoms with E-state index >= 15 is 0 Å². The number of aryl methyl sites for hydroxylation is 1. The van der Waals surface area contributed by atoms with E-state index in [1.807, 2.05) is 34.5 Å². The van der Waals surface area contributed by atoms with E-state index in [-0.39, 0.29) is 5.91 Å². The van der Waals surface area contributed by atoms with Gasteiger partial charge in [0.05, 0.1) is 17.3 Å². The summed E-state index contributed by atoms with van der Waals surface area (Å²) < 4.78 is 0. The van der Waals surface area contributed by atoms with Crippen LogP contribution in [0.5, 0.6) is 0 Å². The number of anilines is 1. The van der Waals surface area contributed by atoms with Crippen molar-refractivity contribution in [1.82, 2.24) is 19.8 Å². The van der Waals surface area contributed by atoms with Crippen molar-refractivity contribution in [2.45, 2.75) is 26.4 Å². The van der Waals surface area contributed by atoms with Crippen LogP contribution in [-0.4, -0.2) is 58.4 Å². The number of aromatic amines is 1. The Morgan fingerprint density at radius 1 is 0.976 bits per heavy atom. The fourth-order valence-corrected chi connectivity index (χ4v) is 6.54. The summed E-state index contributed by atoms with van der Waals surface area (Å²) >= 11 is 7.97. The Morgan fingerprint density at radius 2 is 1.73 bits per heavy atom. The van der Waals surface area contributed by atoms with Gasteiger partial charge in [-0.15, -0.1) is 11.3 Å². The summed E-state index contributed by atoms with van der Waals surface area (Å²) in [4.78, 5) is 28.1. The molecule has 2 aromatic heterocycles. The summed E-state index contributed by atoms with van der Waals surface area (Å²) in [5, 5.41) is 4.91. The second-order valence-electron chi connectivity index (χ2n) is 10.7. The molecule has 0 saturated carbocycles. The standard InChI is InChI=1S/C33H34ClN5OS/c1-24-10-12-25(13-11-24)21-37(15-14-26-20-35-29-8-4-2-6-27(26)29)22-32-36-30(23-41-32)33(40)39-18-16-38(17-19-39)31-9-5-3-7-28(31)34/h2-13,20,23,35H,14-19,21-22H2,1H3. The maximum absolute atomic E-state index is 13.3. The number of amides is 1. The number of carbonyl (C=O) groups excluding carboxylic acids is 1. The minimum atomic E-state index is 0.00943. The molecule has 210 valence electrons. The first-order valence-electron chi connectivity index (χ1n) is 14.1. The lowest BCUT2D eigenvalue weighted by Crippen LogP contribution is -2.49. The number of rotatable bonds is 9. The first-order chi connectivity index (χ1) is 20.0. The maximum atomic E-state index is 13.3. The molecule has 0 aliphatic carbocycles. The van der Waals surface area contributed by atoms with Crippen molar-refractivity contribution in [2.24, 2.45) is 0 Å². The van der Waals surface area contributed by atoms with E-state index in [0.29, 0.717) is 25.3 Å². The van der Waals surface area contributed by atoms with E-state index in [9.17, 15) is 4.79 Å². The second-order valence-corrected chi connectivity index (χ2v) is 12.0. The molecule has 6 rings (SSSR count). The molecule has 8 heteroatoms. The van der Waals surface area contributed by atoms with Gasteiger partial charge in [-0.05, 0) is 42.7 Å². The van der Waals surface area contributed by atoms with Crippen molar-refractivity contribution >= 4 is 45.4 Å². The molecule has 1 fully saturated rings. The van der Waals surface area contributed by atoms with Gasteiger partial charge in [-0.1, -0.05) is 71.8 Å². The third-order valence-corrected chi connectivity index (χ3v) is 8.94. The van der Waals surface area contributed by atoms with Crippen LogP contribution in [0.2, 0.25) is 5.02 Å². The number of aromatic nitrogens is 2. The second kappa shape index (κ2) is 12.5. The van der Waals surface area contributed by atoms with Crippen molar-refractivity contribution in [3.05, 3.63) is 117 Å². The average molecular weight is 584 g/mol. The topological polar surface area (TPSA) is 55.5 Å². The Balaban J connectivity index is 1.11. The molecule has 0 bridgehead atoms. The zero-order valence-electron chi connectivity index (χ0n) is 23.2. The lowest BCUT2D eigenvalue weighted by molar-refractivity contribution is 0.0741. The lowest BCUT2D eigenvalue weighted by Gasteiger charge is -2.36. The van der Waals surface area contributed by atoms with Crippen molar-refractivity contribution in [3.63, 3.8) is 0 Å². The number of nitrogens with zero attached hydrogens (tertiary/aromatic N) is 4. The number of carbonyl (C=O) groups is 1. The third kappa shape index (κ3) is 6.48. The van der Waals surface area contributed by atoms with Gasteiger partial charge in [0.1, 0.15) is 10.7 Å². The van der Waals surface area contributed by atoms with Gasteiger partial charge in [-0.3, -0.25) is 9.69 Å². The van der Waals surface area contributed by atoms with Gasteiger partial charge >= 0.3 is 0 Å². The Labute approximate surface area is 250 Å². The number of nitrogens with one attached hydrogen (secondary N) is 1. The van der Waals surface area contributed by atoms with Gasteiger partial charge in [0.25, 0.3) is 5.91 Å². The van der Waals surface area contributed by atoms with Gasteiger partial charge in [-0.2, -0.15) is 0 Å². The minimum Gasteiger partial charge on any atom is -0.367 e. The number of para-hydroxylation sites is 2. The normalized spacial score (nSPS) is 13.8. The summed E-state index contributed by atoms with van der Waals surface area (Å²) in [6.45, 7) is 7.35. The van der Waals surface area contributed by atoms with E-state index in [1.54, 1.807) is 11.3 Å². The van der Waals surface area contributed by atoms with Gasteiger partial charge in [0, 0.05) is 61.7 Å². The molecule has 0 unspecified atom stereocenters. The maximum Gasteiger partial charge on any atom is 0.273 e. The van der Waals surface area contributed by atoms with Crippen LogP contribution in [0.15, 0.2) is 84.4 Å². The number of H-pyrrole nitrogens is 1. The summed E-state index contributed by atoms with van der Waals surface area (Å²) in [6.07, 6.45) is 3.06. The Hall–Kier alpha value is -3.65. The molecule has 1 aliphatic rings. The van der Waals surface area contributed by atoms with Crippen LogP contribution in [0.3, 0.4) is 0 Å². The molecule has 41 heavy (non-hydrogen) atoms. The highest BCUT2D eigenvalue weighted by atomic mass is 35.5. The van der Waals surface area contributed by atoms with E-state index in [4.69, 9.17) is 16.6 Å². The van der Waals surface area contributed by atoms with Crippen molar-refractivity contribution in [1.29, 1.82) is 0 Å². The Morgan fingerprint density at radius 3 is 2.54 bits per heavy atom. The highest BCUT2D eigenvalue weighted by Gasteiger charge is 2.25. The van der Waals surface area contributed by atoms with Crippen LogP contribution in [0, 0.1) is 6.92 Å². The van der Waals surface area contributed by atoms with E-state index in [1.165, 1.54) is 27.6 Å². The van der Waals surface area contributed by atoms with Crippen LogP contribution in [0.25, 0.3) is 10.9 Å². The SMILES string of the molecule is Cc1ccc(CN(CCc2c[nH]c3ccccc23)Cc2nc(C(=O)N3CCN(c4ccccc4Cl)CC3)cs2)cc1. The van der Waals surface area contributed by atoms with Gasteiger partial charge in [0.2, 0.25) is 0 Å². The summed E-state index contributed by atoms with van der Waals surface area (Å²) in [5.74, 6) is 0.00943. The van der Waals surface area contributed by atoms with Crippen LogP contribution in [0.4, 0.5) is 5.69 Å². The number of thiazole rings is 1. The number of halogens is 1. The summed E-state index contributed by atoms with van der Waals surface area (Å²) in [6, 6.07) is 25.1. The van der Waals surface area contributed by atoms with Crippen LogP contribution in [-0.2, 0) is 19.5 Å². The van der Waals surface area contributed by atoms with E-state index in [2.05, 4.69) is 76.4 Å². The number of hydrogen-bond acceptors (Lipinski definition) is 5. The molecule has 1 N–H and O–H groups in total. The molecule has 6 nitrogen and oxygen atoms in total. The fraction of sp³-hybridized carbons (Fsp3) is 0.273. The van der Waals surface area contributed by atoms with Crippen molar-refractivity contribution in [2.75, 3.05) is 37.6 Å². The number of benzene rings is 3. The largest absolute Gasteiger partial charge is 0.367 e. The minimum absolute atomic E-state index is 0.00943. The number of fused-ring (bicyclic) bond motifs is 1. The smallest absolute Gasteiger partial charge is 0.273 e. The Bertz CT molecular complexity index is 1620. The molecule has 0 atom stereocenters. The van der Waals surface area contributed by atoms with Crippen LogP contribution < -0.4 is 4.90 Å². The van der Waals surface area contributed by atoms with E-state index < -0.39 is 0 Å². The summed E-state index contributed by atoms with van der Waals surface area (Å²) in [7, 11) is 0. The average Bonchev–Trinajstić information content (AvgIpc) is 3.64. The quantitative estimate of drug-likeness (QED) is 0.207. The van der Waals surface area contributed by atoms with E-state index in [0.717, 1.165) is 48.3 Å². The monoisotopic (exact) mass is 583 g/mol. The molecule has 0 spiro atoms. The molecule has 0 radical (unpaired) electrons. The molecule has 5 aromatic rings. The van der Waals surface area contributed by atoms with Gasteiger partial charge < -0.3 is 14.8 Å². The molecule has 1 aliphatic heterocycles. The molecule has 3 heterocycles. The highest BCUT2D eigenvalue weighted by Crippen LogP contribution is 2.27. The number of hydrogen-bond donors (Lipinski definition) is 1. The zero-order chi connectivity index (χ0) is 28.2. The molecular weight excluding hydrogens is 550 g/mol. The van der Waals surface area contributed by atoms with Crippen LogP contribution in [0.1, 0.15) is 32.2 Å². The predicted molar refractivity (Wildman–Crippen MR) is 169 cm³/mol. The third-order valence-electron chi connectivity index (χ3n) is 7.79. The fourth-order valence-electron chi connectivity index (χ4n) is 5.48. The molecule has 1 amide bonds. The van der Waals surface area contributed by atoms with Crippen LogP contribution >= 0.6 is 22.9 Å². The lowest BCUT2D eigenvalue weighted by atomic mass is 10.1.